The first kappa shape index (κ1) is 16.1. The Morgan fingerprint density at radius 3 is 2.71 bits per heavy atom. The van der Waals surface area contributed by atoms with Crippen molar-refractivity contribution in [2.75, 3.05) is 13.2 Å². The first-order valence-corrected chi connectivity index (χ1v) is 8.31. The molecular weight excluding hydrogens is 563 g/mol. The third-order valence-corrected chi connectivity index (χ3v) is 4.95. The quantitative estimate of drug-likeness (QED) is 0.353. The Balaban J connectivity index is 2.61. The predicted molar refractivity (Wildman–Crippen MR) is 91.6 cm³/mol. The van der Waals surface area contributed by atoms with Gasteiger partial charge in [-0.1, -0.05) is 28.7 Å². The van der Waals surface area contributed by atoms with Gasteiger partial charge in [0.25, 0.3) is 0 Å². The smallest absolute Gasteiger partial charge is 0.229 e. The summed E-state index contributed by atoms with van der Waals surface area (Å²) in [5.41, 5.74) is 0. The SMILES string of the molecule is O=C(NCC(O)CO)C1C(I)=CC(I)=CC1I. The molecule has 0 aromatic heterocycles. The Hall–Kier alpha value is 1.06. The van der Waals surface area contributed by atoms with Crippen molar-refractivity contribution in [1.82, 2.24) is 5.32 Å². The number of carbonyl (C=O) groups excluding carboxylic acids is 1. The summed E-state index contributed by atoms with van der Waals surface area (Å²) in [6.07, 6.45) is 3.12. The number of aliphatic hydroxyl groups excluding tert-OH is 2. The molecule has 0 radical (unpaired) electrons. The Morgan fingerprint density at radius 2 is 2.18 bits per heavy atom. The van der Waals surface area contributed by atoms with Crippen LogP contribution in [0.2, 0.25) is 0 Å². The maximum Gasteiger partial charge on any atom is 0.229 e. The number of halogens is 3. The number of allylic oxidation sites excluding steroid dienone is 3. The van der Waals surface area contributed by atoms with Gasteiger partial charge in [-0.15, -0.1) is 0 Å². The van der Waals surface area contributed by atoms with Crippen molar-refractivity contribution < 1.29 is 15.0 Å². The third-order valence-electron chi connectivity index (χ3n) is 2.21. The van der Waals surface area contributed by atoms with Gasteiger partial charge in [0, 0.05) is 17.6 Å². The van der Waals surface area contributed by atoms with Gasteiger partial charge in [0.15, 0.2) is 0 Å². The topological polar surface area (TPSA) is 69.6 Å². The number of carbonyl (C=O) groups is 1. The standard InChI is InChI=1S/C10H12I3NO3/c11-5-1-7(12)9(8(13)2-5)10(17)14-3-6(16)4-15/h1-2,6-7,9,15-16H,3-4H2,(H,14,17). The van der Waals surface area contributed by atoms with E-state index >= 15 is 0 Å². The normalized spacial score (nSPS) is 25.9. The predicted octanol–water partition coefficient (Wildman–Crippen LogP) is 1.53. The fourth-order valence-electron chi connectivity index (χ4n) is 1.33. The summed E-state index contributed by atoms with van der Waals surface area (Å²) in [4.78, 5) is 12.0. The minimum absolute atomic E-state index is 0.0833. The highest BCUT2D eigenvalue weighted by Gasteiger charge is 2.30. The van der Waals surface area contributed by atoms with E-state index in [2.05, 4.69) is 73.1 Å². The average molecular weight is 575 g/mol. The molecule has 0 fully saturated rings. The van der Waals surface area contributed by atoms with E-state index in [4.69, 9.17) is 5.11 Å². The molecule has 0 aromatic carbocycles. The van der Waals surface area contributed by atoms with Crippen molar-refractivity contribution in [3.63, 3.8) is 0 Å². The van der Waals surface area contributed by atoms with Crippen LogP contribution in [0.5, 0.6) is 0 Å². The fraction of sp³-hybridized carbons (Fsp3) is 0.500. The van der Waals surface area contributed by atoms with E-state index in [-0.39, 0.29) is 28.9 Å². The number of rotatable bonds is 4. The van der Waals surface area contributed by atoms with Gasteiger partial charge in [0.05, 0.1) is 18.6 Å². The minimum Gasteiger partial charge on any atom is -0.394 e. The van der Waals surface area contributed by atoms with Crippen molar-refractivity contribution in [2.45, 2.75) is 10.0 Å². The number of amides is 1. The van der Waals surface area contributed by atoms with Crippen LogP contribution in [0.3, 0.4) is 0 Å². The number of nitrogens with one attached hydrogen (secondary N) is 1. The first-order chi connectivity index (χ1) is 7.95. The minimum atomic E-state index is -0.896. The monoisotopic (exact) mass is 575 g/mol. The summed E-state index contributed by atoms with van der Waals surface area (Å²) in [6.45, 7) is -0.261. The number of aliphatic hydroxyl groups is 2. The fourth-order valence-corrected chi connectivity index (χ4v) is 6.13. The second kappa shape index (κ2) is 7.60. The molecule has 0 spiro atoms. The number of hydrogen-bond donors (Lipinski definition) is 3. The van der Waals surface area contributed by atoms with Gasteiger partial charge in [-0.3, -0.25) is 4.79 Å². The summed E-state index contributed by atoms with van der Waals surface area (Å²) in [6, 6.07) is 0. The summed E-state index contributed by atoms with van der Waals surface area (Å²) in [5.74, 6) is -0.321. The third kappa shape index (κ3) is 4.91. The van der Waals surface area contributed by atoms with Crippen molar-refractivity contribution >= 4 is 73.7 Å². The lowest BCUT2D eigenvalue weighted by Crippen LogP contribution is -2.40. The Kier molecular flexibility index (Phi) is 7.21. The van der Waals surface area contributed by atoms with E-state index < -0.39 is 6.10 Å². The van der Waals surface area contributed by atoms with Gasteiger partial charge in [0.2, 0.25) is 5.91 Å². The zero-order chi connectivity index (χ0) is 13.0. The van der Waals surface area contributed by atoms with E-state index in [1.54, 1.807) is 0 Å². The number of hydrogen-bond acceptors (Lipinski definition) is 3. The molecule has 0 bridgehead atoms. The molecule has 7 heteroatoms. The lowest BCUT2D eigenvalue weighted by atomic mass is 10.00. The molecule has 3 N–H and O–H groups in total. The van der Waals surface area contributed by atoms with Gasteiger partial charge in [-0.25, -0.2) is 0 Å². The molecule has 0 heterocycles. The van der Waals surface area contributed by atoms with E-state index in [9.17, 15) is 9.90 Å². The molecule has 0 saturated carbocycles. The summed E-state index contributed by atoms with van der Waals surface area (Å²) in [7, 11) is 0. The molecular formula is C10H12I3NO3. The molecule has 1 aliphatic rings. The van der Waals surface area contributed by atoms with Crippen LogP contribution in [0.1, 0.15) is 0 Å². The molecule has 0 aliphatic heterocycles. The lowest BCUT2D eigenvalue weighted by Gasteiger charge is -2.23. The van der Waals surface area contributed by atoms with Gasteiger partial charge >= 0.3 is 0 Å². The van der Waals surface area contributed by atoms with Crippen LogP contribution in [0.4, 0.5) is 0 Å². The van der Waals surface area contributed by atoms with Crippen molar-refractivity contribution in [2.24, 2.45) is 5.92 Å². The molecule has 1 aliphatic carbocycles. The first-order valence-electron chi connectivity index (χ1n) is 4.90. The molecule has 1 rings (SSSR count). The molecule has 1 amide bonds. The van der Waals surface area contributed by atoms with Crippen LogP contribution < -0.4 is 5.32 Å². The van der Waals surface area contributed by atoms with Gasteiger partial charge in [-0.05, 0) is 51.3 Å². The van der Waals surface area contributed by atoms with Crippen molar-refractivity contribution in [3.8, 4) is 0 Å². The van der Waals surface area contributed by atoms with Crippen molar-refractivity contribution in [1.29, 1.82) is 0 Å². The van der Waals surface area contributed by atoms with E-state index in [1.807, 2.05) is 12.2 Å². The maximum atomic E-state index is 12.0. The van der Waals surface area contributed by atoms with E-state index in [1.165, 1.54) is 0 Å². The van der Waals surface area contributed by atoms with Crippen LogP contribution in [-0.2, 0) is 4.79 Å². The lowest BCUT2D eigenvalue weighted by molar-refractivity contribution is -0.123. The zero-order valence-electron chi connectivity index (χ0n) is 8.74. The maximum absolute atomic E-state index is 12.0. The van der Waals surface area contributed by atoms with Gasteiger partial charge in [0.1, 0.15) is 0 Å². The highest BCUT2D eigenvalue weighted by Crippen LogP contribution is 2.35. The van der Waals surface area contributed by atoms with Gasteiger partial charge in [-0.2, -0.15) is 0 Å². The second-order valence-electron chi connectivity index (χ2n) is 3.58. The zero-order valence-corrected chi connectivity index (χ0v) is 15.2. The largest absolute Gasteiger partial charge is 0.394 e. The van der Waals surface area contributed by atoms with Crippen molar-refractivity contribution in [3.05, 3.63) is 19.3 Å². The van der Waals surface area contributed by atoms with Crippen LogP contribution in [0.15, 0.2) is 19.3 Å². The second-order valence-corrected chi connectivity index (χ2v) is 7.51. The van der Waals surface area contributed by atoms with Crippen LogP contribution in [0.25, 0.3) is 0 Å². The molecule has 17 heavy (non-hydrogen) atoms. The Bertz CT molecular complexity index is 357. The Morgan fingerprint density at radius 1 is 1.53 bits per heavy atom. The average Bonchev–Trinajstić information content (AvgIpc) is 2.24. The van der Waals surface area contributed by atoms with Gasteiger partial charge < -0.3 is 15.5 Å². The van der Waals surface area contributed by atoms with Crippen LogP contribution in [0, 0.1) is 5.92 Å². The molecule has 4 nitrogen and oxygen atoms in total. The number of alkyl halides is 1. The molecule has 0 saturated heterocycles. The summed E-state index contributed by atoms with van der Waals surface area (Å²) >= 11 is 6.63. The highest BCUT2D eigenvalue weighted by molar-refractivity contribution is 14.1. The molecule has 3 atom stereocenters. The molecule has 96 valence electrons. The van der Waals surface area contributed by atoms with Crippen LogP contribution in [-0.4, -0.2) is 39.3 Å². The summed E-state index contributed by atoms with van der Waals surface area (Å²) < 4.78 is 2.23. The summed E-state index contributed by atoms with van der Waals surface area (Å²) in [5, 5.41) is 20.5. The van der Waals surface area contributed by atoms with E-state index in [0.717, 1.165) is 7.16 Å². The van der Waals surface area contributed by atoms with E-state index in [0.29, 0.717) is 0 Å². The van der Waals surface area contributed by atoms with Crippen LogP contribution >= 0.6 is 67.8 Å². The highest BCUT2D eigenvalue weighted by atomic mass is 127. The Labute approximate surface area is 141 Å². The molecule has 0 aromatic rings. The molecule has 3 unspecified atom stereocenters.